The van der Waals surface area contributed by atoms with Crippen LogP contribution in [0.25, 0.3) is 0 Å². The molecule has 0 rings (SSSR count). The van der Waals surface area contributed by atoms with E-state index in [1.165, 1.54) is 32.1 Å². The molecule has 0 spiro atoms. The molecule has 0 aliphatic heterocycles. The smallest absolute Gasteiger partial charge is 0.233 e. The van der Waals surface area contributed by atoms with E-state index >= 15 is 0 Å². The molecule has 0 aromatic carbocycles. The van der Waals surface area contributed by atoms with Crippen molar-refractivity contribution in [3.8, 4) is 0 Å². The highest BCUT2D eigenvalue weighted by atomic mass is 79.9. The van der Waals surface area contributed by atoms with Crippen molar-refractivity contribution >= 4 is 21.8 Å². The highest BCUT2D eigenvalue weighted by Crippen LogP contribution is 2.04. The van der Waals surface area contributed by atoms with Crippen LogP contribution in [-0.4, -0.2) is 17.3 Å². The molecule has 3 heteroatoms. The first-order valence-corrected chi connectivity index (χ1v) is 6.51. The minimum atomic E-state index is -0.0670. The molecule has 0 aromatic rings. The van der Waals surface area contributed by atoms with Gasteiger partial charge in [0.15, 0.2) is 0 Å². The summed E-state index contributed by atoms with van der Waals surface area (Å²) in [6, 6.07) is 0. The summed E-state index contributed by atoms with van der Waals surface area (Å²) in [4.78, 5) is 11.1. The van der Waals surface area contributed by atoms with E-state index < -0.39 is 0 Å². The molecule has 0 bridgehead atoms. The summed E-state index contributed by atoms with van der Waals surface area (Å²) in [5.41, 5.74) is 0. The summed E-state index contributed by atoms with van der Waals surface area (Å²) < 4.78 is 0. The Balaban J connectivity index is 3.10. The van der Waals surface area contributed by atoms with Crippen molar-refractivity contribution in [2.24, 2.45) is 0 Å². The molecule has 0 aromatic heterocycles. The number of carbonyl (C=O) groups excluding carboxylic acids is 1. The van der Waals surface area contributed by atoms with Gasteiger partial charge in [0.2, 0.25) is 5.91 Å². The minimum absolute atomic E-state index is 0.0670. The summed E-state index contributed by atoms with van der Waals surface area (Å²) in [7, 11) is 0. The topological polar surface area (TPSA) is 29.1 Å². The number of amides is 1. The lowest BCUT2D eigenvalue weighted by molar-refractivity contribution is -0.120. The number of halogens is 1. The van der Waals surface area contributed by atoms with Crippen LogP contribution in [0.4, 0.5) is 0 Å². The van der Waals surface area contributed by atoms with E-state index in [0.29, 0.717) is 0 Å². The first-order valence-electron chi connectivity index (χ1n) is 5.60. The largest absolute Gasteiger partial charge is 0.355 e. The Kier molecular flexibility index (Phi) is 9.47. The van der Waals surface area contributed by atoms with Crippen molar-refractivity contribution in [3.63, 3.8) is 0 Å². The van der Waals surface area contributed by atoms with E-state index in [9.17, 15) is 4.79 Å². The maximum Gasteiger partial charge on any atom is 0.233 e. The lowest BCUT2D eigenvalue weighted by Gasteiger charge is -2.06. The SMILES string of the molecule is CCCCCCCCNC(=O)C(C)Br. The van der Waals surface area contributed by atoms with Gasteiger partial charge in [0, 0.05) is 6.54 Å². The second kappa shape index (κ2) is 9.50. The van der Waals surface area contributed by atoms with Crippen molar-refractivity contribution in [2.45, 2.75) is 57.2 Å². The molecule has 0 aliphatic rings. The molecule has 1 N–H and O–H groups in total. The molecule has 0 aliphatic carbocycles. The zero-order valence-electron chi connectivity index (χ0n) is 9.31. The van der Waals surface area contributed by atoms with E-state index in [1.807, 2.05) is 6.92 Å². The van der Waals surface area contributed by atoms with Crippen LogP contribution in [0.5, 0.6) is 0 Å². The molecule has 0 fully saturated rings. The molecule has 0 radical (unpaired) electrons. The van der Waals surface area contributed by atoms with Crippen molar-refractivity contribution in [1.29, 1.82) is 0 Å². The Bertz CT molecular complexity index is 148. The third-order valence-electron chi connectivity index (χ3n) is 2.19. The molecule has 2 nitrogen and oxygen atoms in total. The van der Waals surface area contributed by atoms with Gasteiger partial charge in [-0.05, 0) is 13.3 Å². The van der Waals surface area contributed by atoms with Gasteiger partial charge in [0.25, 0.3) is 0 Å². The number of carbonyl (C=O) groups is 1. The molecule has 1 atom stereocenters. The summed E-state index contributed by atoms with van der Waals surface area (Å²) >= 11 is 3.23. The van der Waals surface area contributed by atoms with Gasteiger partial charge in [0.1, 0.15) is 0 Å². The van der Waals surface area contributed by atoms with E-state index in [-0.39, 0.29) is 10.7 Å². The summed E-state index contributed by atoms with van der Waals surface area (Å²) in [6.07, 6.45) is 7.60. The summed E-state index contributed by atoms with van der Waals surface area (Å²) in [5.74, 6) is 0.0959. The maximum atomic E-state index is 11.1. The van der Waals surface area contributed by atoms with Gasteiger partial charge < -0.3 is 5.32 Å². The molecule has 0 heterocycles. The van der Waals surface area contributed by atoms with Gasteiger partial charge in [-0.3, -0.25) is 4.79 Å². The number of rotatable bonds is 8. The van der Waals surface area contributed by atoms with Gasteiger partial charge in [-0.2, -0.15) is 0 Å². The third kappa shape index (κ3) is 8.54. The standard InChI is InChI=1S/C11H22BrNO/c1-3-4-5-6-7-8-9-13-11(14)10(2)12/h10H,3-9H2,1-2H3,(H,13,14). The molecule has 1 amide bonds. The van der Waals surface area contributed by atoms with E-state index in [0.717, 1.165) is 13.0 Å². The fourth-order valence-corrected chi connectivity index (χ4v) is 1.42. The second-order valence-electron chi connectivity index (χ2n) is 3.67. The molecule has 1 unspecified atom stereocenters. The van der Waals surface area contributed by atoms with Crippen LogP contribution in [0.1, 0.15) is 52.4 Å². The Labute approximate surface area is 96.0 Å². The second-order valence-corrected chi connectivity index (χ2v) is 5.05. The number of unbranched alkanes of at least 4 members (excludes halogenated alkanes) is 5. The average molecular weight is 264 g/mol. The zero-order chi connectivity index (χ0) is 10.8. The van der Waals surface area contributed by atoms with E-state index in [1.54, 1.807) is 0 Å². The fourth-order valence-electron chi connectivity index (χ4n) is 1.26. The quantitative estimate of drug-likeness (QED) is 0.529. The highest BCUT2D eigenvalue weighted by Gasteiger charge is 2.05. The molecule has 0 saturated heterocycles. The van der Waals surface area contributed by atoms with E-state index in [2.05, 4.69) is 28.2 Å². The molecule has 0 saturated carbocycles. The van der Waals surface area contributed by atoms with Crippen molar-refractivity contribution < 1.29 is 4.79 Å². The molecule has 84 valence electrons. The Morgan fingerprint density at radius 3 is 2.36 bits per heavy atom. The lowest BCUT2D eigenvalue weighted by Crippen LogP contribution is -2.30. The zero-order valence-corrected chi connectivity index (χ0v) is 10.9. The van der Waals surface area contributed by atoms with E-state index in [4.69, 9.17) is 0 Å². The number of hydrogen-bond acceptors (Lipinski definition) is 1. The molecule has 14 heavy (non-hydrogen) atoms. The third-order valence-corrected chi connectivity index (χ3v) is 2.61. The number of hydrogen-bond donors (Lipinski definition) is 1. The van der Waals surface area contributed by atoms with Crippen LogP contribution in [0, 0.1) is 0 Å². The average Bonchev–Trinajstić information content (AvgIpc) is 2.16. The van der Waals surface area contributed by atoms with Crippen LogP contribution in [0.3, 0.4) is 0 Å². The number of alkyl halides is 1. The lowest BCUT2D eigenvalue weighted by atomic mass is 10.1. The van der Waals surface area contributed by atoms with Crippen LogP contribution >= 0.6 is 15.9 Å². The maximum absolute atomic E-state index is 11.1. The minimum Gasteiger partial charge on any atom is -0.355 e. The van der Waals surface area contributed by atoms with Gasteiger partial charge in [0.05, 0.1) is 4.83 Å². The summed E-state index contributed by atoms with van der Waals surface area (Å²) in [5, 5.41) is 2.89. The van der Waals surface area contributed by atoms with Crippen LogP contribution in [0.2, 0.25) is 0 Å². The van der Waals surface area contributed by atoms with Crippen molar-refractivity contribution in [1.82, 2.24) is 5.32 Å². The number of nitrogens with one attached hydrogen (secondary N) is 1. The van der Waals surface area contributed by atoms with Gasteiger partial charge in [-0.25, -0.2) is 0 Å². The predicted octanol–water partition coefficient (Wildman–Crippen LogP) is 3.25. The van der Waals surface area contributed by atoms with Crippen molar-refractivity contribution in [2.75, 3.05) is 6.54 Å². The van der Waals surface area contributed by atoms with Crippen LogP contribution in [-0.2, 0) is 4.79 Å². The molecular weight excluding hydrogens is 242 g/mol. The van der Waals surface area contributed by atoms with Gasteiger partial charge in [-0.15, -0.1) is 0 Å². The Morgan fingerprint density at radius 1 is 1.21 bits per heavy atom. The van der Waals surface area contributed by atoms with Gasteiger partial charge in [-0.1, -0.05) is 55.0 Å². The Hall–Kier alpha value is -0.0500. The fraction of sp³-hybridized carbons (Fsp3) is 0.909. The first-order chi connectivity index (χ1) is 6.68. The van der Waals surface area contributed by atoms with Gasteiger partial charge >= 0.3 is 0 Å². The van der Waals surface area contributed by atoms with Crippen LogP contribution in [0.15, 0.2) is 0 Å². The summed E-state index contributed by atoms with van der Waals surface area (Å²) in [6.45, 7) is 4.88. The van der Waals surface area contributed by atoms with Crippen LogP contribution < -0.4 is 5.32 Å². The molecular formula is C11H22BrNO. The first kappa shape index (κ1) is 13.9. The predicted molar refractivity (Wildman–Crippen MR) is 64.8 cm³/mol. The highest BCUT2D eigenvalue weighted by molar-refractivity contribution is 9.10. The normalized spacial score (nSPS) is 12.5. The Morgan fingerprint density at radius 2 is 1.79 bits per heavy atom. The van der Waals surface area contributed by atoms with Crippen molar-refractivity contribution in [3.05, 3.63) is 0 Å². The monoisotopic (exact) mass is 263 g/mol.